The SMILES string of the molecule is CNC(=S)NCc1cc(C)sc1C. The van der Waals surface area contributed by atoms with Crippen LogP contribution in [0, 0.1) is 13.8 Å². The molecule has 1 aromatic heterocycles. The van der Waals surface area contributed by atoms with Crippen molar-refractivity contribution in [1.82, 2.24) is 10.6 Å². The van der Waals surface area contributed by atoms with E-state index in [4.69, 9.17) is 12.2 Å². The summed E-state index contributed by atoms with van der Waals surface area (Å²) in [5.41, 5.74) is 1.33. The van der Waals surface area contributed by atoms with Crippen LogP contribution in [0.1, 0.15) is 15.3 Å². The van der Waals surface area contributed by atoms with E-state index in [2.05, 4.69) is 30.5 Å². The maximum absolute atomic E-state index is 4.99. The third kappa shape index (κ3) is 2.97. The van der Waals surface area contributed by atoms with Gasteiger partial charge in [-0.05, 0) is 37.7 Å². The highest BCUT2D eigenvalue weighted by Crippen LogP contribution is 2.19. The molecular formula is C9H14N2S2. The molecule has 0 bridgehead atoms. The van der Waals surface area contributed by atoms with Crippen LogP contribution in [0.2, 0.25) is 0 Å². The van der Waals surface area contributed by atoms with E-state index in [1.807, 2.05) is 18.4 Å². The molecule has 0 spiro atoms. The highest BCUT2D eigenvalue weighted by molar-refractivity contribution is 7.80. The molecule has 0 amide bonds. The third-order valence-corrected chi connectivity index (χ3v) is 3.17. The topological polar surface area (TPSA) is 24.1 Å². The number of thiophene rings is 1. The maximum atomic E-state index is 4.99. The second-order valence-electron chi connectivity index (χ2n) is 2.87. The minimum Gasteiger partial charge on any atom is -0.366 e. The molecule has 2 N–H and O–H groups in total. The Labute approximate surface area is 88.4 Å². The molecule has 0 aliphatic carbocycles. The molecule has 0 aliphatic heterocycles. The van der Waals surface area contributed by atoms with Crippen molar-refractivity contribution in [3.8, 4) is 0 Å². The second-order valence-corrected chi connectivity index (χ2v) is 4.74. The molecule has 0 atom stereocenters. The predicted molar refractivity (Wildman–Crippen MR) is 62.3 cm³/mol. The van der Waals surface area contributed by atoms with Crippen molar-refractivity contribution in [3.63, 3.8) is 0 Å². The molecule has 13 heavy (non-hydrogen) atoms. The van der Waals surface area contributed by atoms with E-state index in [0.717, 1.165) is 6.54 Å². The molecule has 0 saturated heterocycles. The Hall–Kier alpha value is -0.610. The monoisotopic (exact) mass is 214 g/mol. The summed E-state index contributed by atoms with van der Waals surface area (Å²) in [6.07, 6.45) is 0. The number of nitrogens with one attached hydrogen (secondary N) is 2. The summed E-state index contributed by atoms with van der Waals surface area (Å²) in [7, 11) is 1.82. The largest absolute Gasteiger partial charge is 0.366 e. The van der Waals surface area contributed by atoms with Gasteiger partial charge in [-0.2, -0.15) is 0 Å². The molecule has 0 aromatic carbocycles. The van der Waals surface area contributed by atoms with Gasteiger partial charge in [-0.3, -0.25) is 0 Å². The Kier molecular flexibility index (Phi) is 3.69. The molecule has 0 saturated carbocycles. The van der Waals surface area contributed by atoms with E-state index in [9.17, 15) is 0 Å². The van der Waals surface area contributed by atoms with Crippen LogP contribution in [-0.2, 0) is 6.54 Å². The summed E-state index contributed by atoms with van der Waals surface area (Å²) in [5, 5.41) is 6.71. The molecule has 0 radical (unpaired) electrons. The average Bonchev–Trinajstić information content (AvgIpc) is 2.41. The normalized spacial score (nSPS) is 9.77. The number of aryl methyl sites for hydroxylation is 2. The minimum atomic E-state index is 0.697. The van der Waals surface area contributed by atoms with Crippen molar-refractivity contribution in [3.05, 3.63) is 21.4 Å². The van der Waals surface area contributed by atoms with Gasteiger partial charge in [0.25, 0.3) is 0 Å². The highest BCUT2D eigenvalue weighted by atomic mass is 32.1. The van der Waals surface area contributed by atoms with Crippen LogP contribution in [-0.4, -0.2) is 12.2 Å². The maximum Gasteiger partial charge on any atom is 0.166 e. The molecule has 0 fully saturated rings. The zero-order valence-corrected chi connectivity index (χ0v) is 9.73. The number of hydrogen-bond donors (Lipinski definition) is 2. The van der Waals surface area contributed by atoms with Gasteiger partial charge >= 0.3 is 0 Å². The first kappa shape index (κ1) is 10.5. The molecule has 1 heterocycles. The van der Waals surface area contributed by atoms with Crippen molar-refractivity contribution >= 4 is 28.7 Å². The van der Waals surface area contributed by atoms with Crippen LogP contribution in [0.4, 0.5) is 0 Å². The Morgan fingerprint density at radius 1 is 1.54 bits per heavy atom. The Balaban J connectivity index is 2.54. The van der Waals surface area contributed by atoms with Crippen LogP contribution >= 0.6 is 23.6 Å². The lowest BCUT2D eigenvalue weighted by Gasteiger charge is -2.05. The fourth-order valence-corrected chi connectivity index (χ4v) is 2.14. The smallest absolute Gasteiger partial charge is 0.166 e. The van der Waals surface area contributed by atoms with Gasteiger partial charge in [0.15, 0.2) is 5.11 Å². The van der Waals surface area contributed by atoms with Crippen LogP contribution in [0.3, 0.4) is 0 Å². The summed E-state index contributed by atoms with van der Waals surface area (Å²) in [6.45, 7) is 5.07. The van der Waals surface area contributed by atoms with Crippen molar-refractivity contribution < 1.29 is 0 Å². The molecular weight excluding hydrogens is 200 g/mol. The van der Waals surface area contributed by atoms with Crippen LogP contribution < -0.4 is 10.6 Å². The Morgan fingerprint density at radius 2 is 2.23 bits per heavy atom. The zero-order chi connectivity index (χ0) is 9.84. The van der Waals surface area contributed by atoms with Crippen LogP contribution in [0.25, 0.3) is 0 Å². The summed E-state index contributed by atoms with van der Waals surface area (Å²) in [5.74, 6) is 0. The predicted octanol–water partition coefficient (Wildman–Crippen LogP) is 1.96. The van der Waals surface area contributed by atoms with Gasteiger partial charge in [0.1, 0.15) is 0 Å². The van der Waals surface area contributed by atoms with Gasteiger partial charge in [0, 0.05) is 23.3 Å². The average molecular weight is 214 g/mol. The van der Waals surface area contributed by atoms with Gasteiger partial charge < -0.3 is 10.6 Å². The van der Waals surface area contributed by atoms with Gasteiger partial charge in [0.05, 0.1) is 0 Å². The van der Waals surface area contributed by atoms with E-state index in [1.54, 1.807) is 0 Å². The zero-order valence-electron chi connectivity index (χ0n) is 8.10. The van der Waals surface area contributed by atoms with Crippen molar-refractivity contribution in [2.75, 3.05) is 7.05 Å². The summed E-state index contributed by atoms with van der Waals surface area (Å²) in [4.78, 5) is 2.72. The standard InChI is InChI=1S/C9H14N2S2/c1-6-4-8(7(2)13-6)5-11-9(12)10-3/h4H,5H2,1-3H3,(H2,10,11,12). The van der Waals surface area contributed by atoms with Gasteiger partial charge in [-0.25, -0.2) is 0 Å². The molecule has 0 aliphatic rings. The molecule has 4 heteroatoms. The summed E-state index contributed by atoms with van der Waals surface area (Å²) >= 11 is 6.81. The van der Waals surface area contributed by atoms with E-state index < -0.39 is 0 Å². The van der Waals surface area contributed by atoms with Crippen molar-refractivity contribution in [1.29, 1.82) is 0 Å². The van der Waals surface area contributed by atoms with E-state index in [-0.39, 0.29) is 0 Å². The first-order valence-corrected chi connectivity index (χ1v) is 5.37. The Morgan fingerprint density at radius 3 is 2.69 bits per heavy atom. The first-order chi connectivity index (χ1) is 6.13. The van der Waals surface area contributed by atoms with Gasteiger partial charge in [0.2, 0.25) is 0 Å². The summed E-state index contributed by atoms with van der Waals surface area (Å²) in [6, 6.07) is 2.20. The van der Waals surface area contributed by atoms with E-state index in [1.165, 1.54) is 15.3 Å². The van der Waals surface area contributed by atoms with Crippen molar-refractivity contribution in [2.45, 2.75) is 20.4 Å². The minimum absolute atomic E-state index is 0.697. The molecule has 1 rings (SSSR count). The number of rotatable bonds is 2. The molecule has 72 valence electrons. The fraction of sp³-hybridized carbons (Fsp3) is 0.444. The lowest BCUT2D eigenvalue weighted by Crippen LogP contribution is -2.31. The fourth-order valence-electron chi connectivity index (χ4n) is 1.12. The van der Waals surface area contributed by atoms with E-state index in [0.29, 0.717) is 5.11 Å². The lowest BCUT2D eigenvalue weighted by atomic mass is 10.2. The summed E-state index contributed by atoms with van der Waals surface area (Å²) < 4.78 is 0. The lowest BCUT2D eigenvalue weighted by molar-refractivity contribution is 0.888. The highest BCUT2D eigenvalue weighted by Gasteiger charge is 2.02. The molecule has 0 unspecified atom stereocenters. The Bertz CT molecular complexity index is 305. The van der Waals surface area contributed by atoms with E-state index >= 15 is 0 Å². The van der Waals surface area contributed by atoms with Gasteiger partial charge in [-0.1, -0.05) is 0 Å². The quantitative estimate of drug-likeness (QED) is 0.736. The first-order valence-electron chi connectivity index (χ1n) is 4.15. The van der Waals surface area contributed by atoms with Crippen molar-refractivity contribution in [2.24, 2.45) is 0 Å². The third-order valence-electron chi connectivity index (χ3n) is 1.81. The van der Waals surface area contributed by atoms with Gasteiger partial charge in [-0.15, -0.1) is 11.3 Å². The molecule has 1 aromatic rings. The second kappa shape index (κ2) is 4.58. The number of thiocarbonyl (C=S) groups is 1. The van der Waals surface area contributed by atoms with Crippen LogP contribution in [0.15, 0.2) is 6.07 Å². The molecule has 2 nitrogen and oxygen atoms in total. The number of hydrogen-bond acceptors (Lipinski definition) is 2. The van der Waals surface area contributed by atoms with Crippen LogP contribution in [0.5, 0.6) is 0 Å².